The van der Waals surface area contributed by atoms with Gasteiger partial charge in [0, 0.05) is 6.54 Å². The van der Waals surface area contributed by atoms with Crippen molar-refractivity contribution in [2.75, 3.05) is 11.9 Å². The van der Waals surface area contributed by atoms with Crippen LogP contribution in [-0.4, -0.2) is 27.9 Å². The molecule has 2 aromatic rings. The molecule has 0 fully saturated rings. The minimum absolute atomic E-state index is 0.201. The summed E-state index contributed by atoms with van der Waals surface area (Å²) in [6.07, 6.45) is 0.635. The van der Waals surface area contributed by atoms with E-state index in [0.29, 0.717) is 40.7 Å². The number of carbonyl (C=O) groups excluding carboxylic acids is 2. The maximum absolute atomic E-state index is 12.4. The van der Waals surface area contributed by atoms with Crippen LogP contribution in [0.2, 0.25) is 0 Å². The van der Waals surface area contributed by atoms with Gasteiger partial charge in [0.2, 0.25) is 0 Å². The zero-order valence-electron chi connectivity index (χ0n) is 13.4. The van der Waals surface area contributed by atoms with Gasteiger partial charge in [-0.2, -0.15) is 0 Å². The molecule has 6 nitrogen and oxygen atoms in total. The summed E-state index contributed by atoms with van der Waals surface area (Å²) in [4.78, 5) is 25.1. The molecule has 23 heavy (non-hydrogen) atoms. The van der Waals surface area contributed by atoms with E-state index in [9.17, 15) is 9.59 Å². The van der Waals surface area contributed by atoms with Gasteiger partial charge in [-0.05, 0) is 36.0 Å². The molecule has 0 saturated heterocycles. The van der Waals surface area contributed by atoms with Crippen LogP contribution in [-0.2, 0) is 6.42 Å². The monoisotopic (exact) mass is 332 g/mol. The van der Waals surface area contributed by atoms with Crippen LogP contribution in [0.5, 0.6) is 0 Å². The molecule has 0 radical (unpaired) electrons. The van der Waals surface area contributed by atoms with Crippen molar-refractivity contribution in [1.82, 2.24) is 14.9 Å². The average molecular weight is 332 g/mol. The van der Waals surface area contributed by atoms with E-state index in [4.69, 9.17) is 0 Å². The molecule has 0 aliphatic carbocycles. The van der Waals surface area contributed by atoms with Gasteiger partial charge in [0.05, 0.1) is 16.9 Å². The summed E-state index contributed by atoms with van der Waals surface area (Å²) in [5, 5.41) is 9.58. The van der Waals surface area contributed by atoms with Gasteiger partial charge in [0.15, 0.2) is 0 Å². The maximum atomic E-state index is 12.4. The molecule has 2 rings (SSSR count). The van der Waals surface area contributed by atoms with E-state index in [-0.39, 0.29) is 11.8 Å². The lowest BCUT2D eigenvalue weighted by molar-refractivity contribution is 0.0950. The number of hydrogen-bond donors (Lipinski definition) is 2. The quantitative estimate of drug-likeness (QED) is 0.852. The van der Waals surface area contributed by atoms with Crippen LogP contribution in [0.25, 0.3) is 0 Å². The van der Waals surface area contributed by atoms with Gasteiger partial charge in [-0.25, -0.2) is 0 Å². The molecule has 0 aliphatic rings. The Bertz CT molecular complexity index is 697. The predicted octanol–water partition coefficient (Wildman–Crippen LogP) is 2.74. The Balaban J connectivity index is 2.17. The Morgan fingerprint density at radius 1 is 1.22 bits per heavy atom. The van der Waals surface area contributed by atoms with E-state index in [0.717, 1.165) is 11.5 Å². The first-order valence-corrected chi connectivity index (χ1v) is 8.30. The number of rotatable bonds is 6. The van der Waals surface area contributed by atoms with Crippen LogP contribution in [0.1, 0.15) is 46.5 Å². The smallest absolute Gasteiger partial charge is 0.269 e. The van der Waals surface area contributed by atoms with Gasteiger partial charge < -0.3 is 10.6 Å². The van der Waals surface area contributed by atoms with E-state index in [1.54, 1.807) is 24.3 Å². The molecule has 0 saturated carbocycles. The van der Waals surface area contributed by atoms with E-state index in [1.165, 1.54) is 0 Å². The third kappa shape index (κ3) is 4.35. The standard InChI is InChI=1S/C16H20N4O2S/c1-4-12-14(23-20-19-12)16(22)18-13-8-6-5-7-11(13)15(21)17-9-10(2)3/h5-8,10H,4,9H2,1-3H3,(H,17,21)(H,18,22). The first-order valence-electron chi connectivity index (χ1n) is 7.52. The maximum Gasteiger partial charge on any atom is 0.269 e. The molecule has 0 unspecified atom stereocenters. The summed E-state index contributed by atoms with van der Waals surface area (Å²) in [5.74, 6) is -0.134. The topological polar surface area (TPSA) is 84.0 Å². The Morgan fingerprint density at radius 3 is 2.65 bits per heavy atom. The minimum atomic E-state index is -0.291. The number of aryl methyl sites for hydroxylation is 1. The number of nitrogens with one attached hydrogen (secondary N) is 2. The molecule has 2 N–H and O–H groups in total. The fourth-order valence-corrected chi connectivity index (χ4v) is 2.62. The van der Waals surface area contributed by atoms with E-state index in [2.05, 4.69) is 20.2 Å². The predicted molar refractivity (Wildman–Crippen MR) is 90.9 cm³/mol. The summed E-state index contributed by atoms with van der Waals surface area (Å²) in [6.45, 7) is 6.55. The first-order chi connectivity index (χ1) is 11.0. The van der Waals surface area contributed by atoms with Gasteiger partial charge in [0.1, 0.15) is 4.88 Å². The number of anilines is 1. The second kappa shape index (κ2) is 7.82. The third-order valence-corrected chi connectivity index (χ3v) is 3.95. The van der Waals surface area contributed by atoms with Crippen LogP contribution in [0.4, 0.5) is 5.69 Å². The number of nitrogens with zero attached hydrogens (tertiary/aromatic N) is 2. The lowest BCUT2D eigenvalue weighted by Gasteiger charge is -2.12. The third-order valence-electron chi connectivity index (χ3n) is 3.19. The van der Waals surface area contributed by atoms with Crippen molar-refractivity contribution < 1.29 is 9.59 Å². The highest BCUT2D eigenvalue weighted by Gasteiger charge is 2.18. The molecule has 0 bridgehead atoms. The molecule has 0 spiro atoms. The fraction of sp³-hybridized carbons (Fsp3) is 0.375. The summed E-state index contributed by atoms with van der Waals surface area (Å²) in [7, 11) is 0. The number of hydrogen-bond acceptors (Lipinski definition) is 5. The molecular weight excluding hydrogens is 312 g/mol. The molecule has 122 valence electrons. The van der Waals surface area contributed by atoms with Crippen molar-refractivity contribution >= 4 is 29.0 Å². The fourth-order valence-electron chi connectivity index (χ4n) is 1.97. The van der Waals surface area contributed by atoms with Crippen LogP contribution in [0, 0.1) is 5.92 Å². The number of carbonyl (C=O) groups is 2. The molecule has 2 amide bonds. The first kappa shape index (κ1) is 17.1. The zero-order valence-corrected chi connectivity index (χ0v) is 14.2. The normalized spacial score (nSPS) is 10.6. The summed E-state index contributed by atoms with van der Waals surface area (Å²) < 4.78 is 3.81. The van der Waals surface area contributed by atoms with E-state index >= 15 is 0 Å². The lowest BCUT2D eigenvalue weighted by atomic mass is 10.1. The summed E-state index contributed by atoms with van der Waals surface area (Å²) in [6, 6.07) is 6.95. The average Bonchev–Trinajstić information content (AvgIpc) is 3.01. The Labute approximate surface area is 139 Å². The zero-order chi connectivity index (χ0) is 16.8. The molecule has 7 heteroatoms. The molecule has 1 heterocycles. The highest BCUT2D eigenvalue weighted by atomic mass is 32.1. The molecule has 0 aliphatic heterocycles. The van der Waals surface area contributed by atoms with Crippen LogP contribution >= 0.6 is 11.5 Å². The molecule has 1 aromatic heterocycles. The van der Waals surface area contributed by atoms with Crippen LogP contribution in [0.3, 0.4) is 0 Å². The van der Waals surface area contributed by atoms with Crippen LogP contribution in [0.15, 0.2) is 24.3 Å². The summed E-state index contributed by atoms with van der Waals surface area (Å²) >= 11 is 1.06. The largest absolute Gasteiger partial charge is 0.352 e. The second-order valence-corrected chi connectivity index (χ2v) is 6.26. The number of para-hydroxylation sites is 1. The number of aromatic nitrogens is 2. The van der Waals surface area contributed by atoms with Gasteiger partial charge in [-0.15, -0.1) is 5.10 Å². The van der Waals surface area contributed by atoms with Crippen molar-refractivity contribution in [2.24, 2.45) is 5.92 Å². The Hall–Kier alpha value is -2.28. The van der Waals surface area contributed by atoms with Crippen molar-refractivity contribution in [3.63, 3.8) is 0 Å². The second-order valence-electron chi connectivity index (χ2n) is 5.51. The number of benzene rings is 1. The van der Waals surface area contributed by atoms with Crippen molar-refractivity contribution in [1.29, 1.82) is 0 Å². The van der Waals surface area contributed by atoms with Gasteiger partial charge in [-0.3, -0.25) is 9.59 Å². The van der Waals surface area contributed by atoms with Gasteiger partial charge in [-0.1, -0.05) is 37.4 Å². The van der Waals surface area contributed by atoms with E-state index < -0.39 is 0 Å². The minimum Gasteiger partial charge on any atom is -0.352 e. The molecular formula is C16H20N4O2S. The highest BCUT2D eigenvalue weighted by Crippen LogP contribution is 2.18. The lowest BCUT2D eigenvalue weighted by Crippen LogP contribution is -2.28. The highest BCUT2D eigenvalue weighted by molar-refractivity contribution is 7.08. The van der Waals surface area contributed by atoms with Gasteiger partial charge >= 0.3 is 0 Å². The molecule has 0 atom stereocenters. The number of amides is 2. The Kier molecular flexibility index (Phi) is 5.81. The van der Waals surface area contributed by atoms with Gasteiger partial charge in [0.25, 0.3) is 11.8 Å². The van der Waals surface area contributed by atoms with Crippen molar-refractivity contribution in [3.8, 4) is 0 Å². The van der Waals surface area contributed by atoms with Crippen LogP contribution < -0.4 is 10.6 Å². The van der Waals surface area contributed by atoms with Crippen molar-refractivity contribution in [3.05, 3.63) is 40.4 Å². The Morgan fingerprint density at radius 2 is 1.96 bits per heavy atom. The SMILES string of the molecule is CCc1nnsc1C(=O)Nc1ccccc1C(=O)NCC(C)C. The molecule has 1 aromatic carbocycles. The van der Waals surface area contributed by atoms with Crippen molar-refractivity contribution in [2.45, 2.75) is 27.2 Å². The van der Waals surface area contributed by atoms with E-state index in [1.807, 2.05) is 20.8 Å². The summed E-state index contributed by atoms with van der Waals surface area (Å²) in [5.41, 5.74) is 1.58.